The van der Waals surface area contributed by atoms with Crippen LogP contribution in [0.1, 0.15) is 29.1 Å². The van der Waals surface area contributed by atoms with Crippen molar-refractivity contribution in [3.8, 4) is 11.5 Å². The number of hydrogen-bond donors (Lipinski definition) is 1. The summed E-state index contributed by atoms with van der Waals surface area (Å²) in [5.74, 6) is 1.87. The molecular weight excluding hydrogens is 280 g/mol. The Hall–Kier alpha value is -2.47. The second-order valence-corrected chi connectivity index (χ2v) is 5.44. The van der Waals surface area contributed by atoms with Crippen LogP contribution in [0.3, 0.4) is 0 Å². The largest absolute Gasteiger partial charge is 0.361 e. The zero-order valence-electron chi connectivity index (χ0n) is 12.1. The molecule has 0 atom stereocenters. The first-order valence-corrected chi connectivity index (χ1v) is 7.43. The molecule has 1 N–H and O–H groups in total. The van der Waals surface area contributed by atoms with Crippen LogP contribution >= 0.6 is 0 Å². The van der Waals surface area contributed by atoms with Gasteiger partial charge in [-0.1, -0.05) is 16.4 Å². The van der Waals surface area contributed by atoms with Crippen molar-refractivity contribution in [1.82, 2.24) is 20.6 Å². The van der Waals surface area contributed by atoms with Gasteiger partial charge in [-0.15, -0.1) is 0 Å². The van der Waals surface area contributed by atoms with Crippen molar-refractivity contribution < 1.29 is 9.05 Å². The van der Waals surface area contributed by atoms with Crippen molar-refractivity contribution in [1.29, 1.82) is 0 Å². The number of fused-ring (bicyclic) bond motifs is 1. The van der Waals surface area contributed by atoms with Crippen molar-refractivity contribution in [2.24, 2.45) is 0 Å². The summed E-state index contributed by atoms with van der Waals surface area (Å²) in [5.41, 5.74) is 3.68. The molecule has 0 unspecified atom stereocenters. The molecule has 0 bridgehead atoms. The number of aryl methyl sites for hydroxylation is 1. The predicted octanol–water partition coefficient (Wildman–Crippen LogP) is 2.35. The zero-order valence-corrected chi connectivity index (χ0v) is 12.1. The van der Waals surface area contributed by atoms with Crippen LogP contribution in [0.5, 0.6) is 0 Å². The van der Waals surface area contributed by atoms with Gasteiger partial charge in [0, 0.05) is 18.2 Å². The van der Waals surface area contributed by atoms with Crippen LogP contribution in [0.15, 0.2) is 39.5 Å². The van der Waals surface area contributed by atoms with Crippen LogP contribution in [0, 0.1) is 0 Å². The fourth-order valence-electron chi connectivity index (χ4n) is 2.72. The maximum absolute atomic E-state index is 5.38. The van der Waals surface area contributed by atoms with E-state index >= 15 is 0 Å². The molecule has 3 heterocycles. The average Bonchev–Trinajstić information content (AvgIpc) is 3.15. The standard InChI is InChI=1S/C16H16N4O2/c1-2-11-8-12(3-4-13(11)10-17-6-1)16-19-15(20-22-16)9-14-5-7-18-21-14/h3-5,7-8,17H,1-2,6,9-10H2. The summed E-state index contributed by atoms with van der Waals surface area (Å²) >= 11 is 0. The SMILES string of the molecule is c1cc(Cc2noc(-c3ccc4c(c3)CCCNC4)n2)on1. The highest BCUT2D eigenvalue weighted by molar-refractivity contribution is 5.56. The molecule has 1 aromatic carbocycles. The van der Waals surface area contributed by atoms with Gasteiger partial charge in [-0.2, -0.15) is 4.98 Å². The molecule has 4 rings (SSSR count). The summed E-state index contributed by atoms with van der Waals surface area (Å²) in [6, 6.07) is 8.14. The predicted molar refractivity (Wildman–Crippen MR) is 79.1 cm³/mol. The lowest BCUT2D eigenvalue weighted by Gasteiger charge is -2.06. The average molecular weight is 296 g/mol. The van der Waals surface area contributed by atoms with Crippen LogP contribution in [0.25, 0.3) is 11.5 Å². The van der Waals surface area contributed by atoms with Gasteiger partial charge in [0.15, 0.2) is 5.82 Å². The minimum absolute atomic E-state index is 0.484. The lowest BCUT2D eigenvalue weighted by atomic mass is 10.0. The number of aromatic nitrogens is 3. The zero-order chi connectivity index (χ0) is 14.8. The Kier molecular flexibility index (Phi) is 3.44. The van der Waals surface area contributed by atoms with Gasteiger partial charge in [0.1, 0.15) is 5.76 Å². The highest BCUT2D eigenvalue weighted by Crippen LogP contribution is 2.23. The van der Waals surface area contributed by atoms with Crippen LogP contribution in [0.2, 0.25) is 0 Å². The molecule has 0 amide bonds. The molecule has 0 fully saturated rings. The van der Waals surface area contributed by atoms with Crippen molar-refractivity contribution in [3.63, 3.8) is 0 Å². The molecule has 0 saturated carbocycles. The van der Waals surface area contributed by atoms with Gasteiger partial charge in [0.25, 0.3) is 5.89 Å². The Labute approximate surface area is 127 Å². The molecule has 0 saturated heterocycles. The summed E-state index contributed by atoms with van der Waals surface area (Å²) in [6.07, 6.45) is 4.32. The van der Waals surface area contributed by atoms with Crippen LogP contribution < -0.4 is 5.32 Å². The quantitative estimate of drug-likeness (QED) is 0.799. The topological polar surface area (TPSA) is 77.0 Å². The van der Waals surface area contributed by atoms with Gasteiger partial charge in [-0.05, 0) is 42.6 Å². The molecule has 1 aliphatic heterocycles. The van der Waals surface area contributed by atoms with Gasteiger partial charge in [0.05, 0.1) is 12.6 Å². The fraction of sp³-hybridized carbons (Fsp3) is 0.312. The van der Waals surface area contributed by atoms with Crippen molar-refractivity contribution in [3.05, 3.63) is 53.2 Å². The van der Waals surface area contributed by atoms with Crippen LogP contribution in [0.4, 0.5) is 0 Å². The number of rotatable bonds is 3. The summed E-state index contributed by atoms with van der Waals surface area (Å²) in [6.45, 7) is 1.99. The van der Waals surface area contributed by atoms with E-state index in [9.17, 15) is 0 Å². The third-order valence-electron chi connectivity index (χ3n) is 3.86. The second-order valence-electron chi connectivity index (χ2n) is 5.44. The van der Waals surface area contributed by atoms with Crippen LogP contribution in [-0.4, -0.2) is 21.8 Å². The Bertz CT molecular complexity index is 764. The van der Waals surface area contributed by atoms with Crippen molar-refractivity contribution >= 4 is 0 Å². The maximum Gasteiger partial charge on any atom is 0.257 e. The van der Waals surface area contributed by atoms with Gasteiger partial charge in [-0.25, -0.2) is 0 Å². The van der Waals surface area contributed by atoms with Gasteiger partial charge in [0.2, 0.25) is 0 Å². The van der Waals surface area contributed by atoms with Gasteiger partial charge >= 0.3 is 0 Å². The summed E-state index contributed by atoms with van der Waals surface area (Å²) in [4.78, 5) is 4.45. The molecule has 112 valence electrons. The van der Waals surface area contributed by atoms with E-state index in [0.29, 0.717) is 18.1 Å². The molecule has 0 aliphatic carbocycles. The summed E-state index contributed by atoms with van der Waals surface area (Å²) in [5, 5.41) is 11.1. The Morgan fingerprint density at radius 2 is 2.14 bits per heavy atom. The molecule has 2 aromatic heterocycles. The van der Waals surface area contributed by atoms with E-state index < -0.39 is 0 Å². The number of benzene rings is 1. The minimum Gasteiger partial charge on any atom is -0.361 e. The van der Waals surface area contributed by atoms with E-state index in [2.05, 4.69) is 32.7 Å². The Morgan fingerprint density at radius 3 is 3.05 bits per heavy atom. The molecule has 3 aromatic rings. The monoisotopic (exact) mass is 296 g/mol. The lowest BCUT2D eigenvalue weighted by Crippen LogP contribution is -2.11. The number of hydrogen-bond acceptors (Lipinski definition) is 6. The fourth-order valence-corrected chi connectivity index (χ4v) is 2.72. The maximum atomic E-state index is 5.38. The lowest BCUT2D eigenvalue weighted by molar-refractivity contribution is 0.382. The molecule has 6 nitrogen and oxygen atoms in total. The first kappa shape index (κ1) is 13.2. The summed E-state index contributed by atoms with van der Waals surface area (Å²) < 4.78 is 10.4. The highest BCUT2D eigenvalue weighted by atomic mass is 16.5. The molecule has 22 heavy (non-hydrogen) atoms. The van der Waals surface area contributed by atoms with Crippen molar-refractivity contribution in [2.75, 3.05) is 6.54 Å². The highest BCUT2D eigenvalue weighted by Gasteiger charge is 2.14. The van der Waals surface area contributed by atoms with E-state index in [1.807, 2.05) is 6.07 Å². The smallest absolute Gasteiger partial charge is 0.257 e. The van der Waals surface area contributed by atoms with E-state index in [1.54, 1.807) is 12.3 Å². The Balaban J connectivity index is 1.59. The minimum atomic E-state index is 0.484. The number of nitrogens with zero attached hydrogens (tertiary/aromatic N) is 3. The van der Waals surface area contributed by atoms with Gasteiger partial charge in [-0.3, -0.25) is 0 Å². The molecule has 0 spiro atoms. The van der Waals surface area contributed by atoms with E-state index in [4.69, 9.17) is 9.05 Å². The van der Waals surface area contributed by atoms with Gasteiger partial charge < -0.3 is 14.4 Å². The molecule has 0 radical (unpaired) electrons. The van der Waals surface area contributed by atoms with E-state index in [1.165, 1.54) is 11.1 Å². The van der Waals surface area contributed by atoms with E-state index in [-0.39, 0.29) is 0 Å². The molecule has 6 heteroatoms. The summed E-state index contributed by atoms with van der Waals surface area (Å²) in [7, 11) is 0. The first-order valence-electron chi connectivity index (χ1n) is 7.43. The molecule has 1 aliphatic rings. The Morgan fingerprint density at radius 1 is 1.14 bits per heavy atom. The molecular formula is C16H16N4O2. The third kappa shape index (κ3) is 2.65. The van der Waals surface area contributed by atoms with E-state index in [0.717, 1.165) is 37.3 Å². The normalized spacial score (nSPS) is 14.5. The second kappa shape index (κ2) is 5.73. The number of nitrogens with one attached hydrogen (secondary N) is 1. The third-order valence-corrected chi connectivity index (χ3v) is 3.86. The first-order chi connectivity index (χ1) is 10.9. The van der Waals surface area contributed by atoms with Crippen molar-refractivity contribution in [2.45, 2.75) is 25.8 Å². The van der Waals surface area contributed by atoms with Crippen LogP contribution in [-0.2, 0) is 19.4 Å².